The van der Waals surface area contributed by atoms with Crippen LogP contribution in [0.15, 0.2) is 6.33 Å². The Labute approximate surface area is 67.2 Å². The summed E-state index contributed by atoms with van der Waals surface area (Å²) in [4.78, 5) is 23.1. The Hall–Kier alpha value is -1.92. The number of aryl methyl sites for hydroxylation is 1. The molecule has 0 bridgehead atoms. The van der Waals surface area contributed by atoms with Gasteiger partial charge in [0.15, 0.2) is 0 Å². The molecule has 1 aromatic rings. The van der Waals surface area contributed by atoms with E-state index in [2.05, 4.69) is 10.3 Å². The van der Waals surface area contributed by atoms with Crippen LogP contribution in [0, 0.1) is 10.1 Å². The number of carbonyl (C=O) groups is 1. The molecule has 12 heavy (non-hydrogen) atoms. The molecule has 0 aromatic carbocycles. The van der Waals surface area contributed by atoms with E-state index < -0.39 is 4.92 Å². The molecule has 1 aromatic heterocycles. The number of nitrogens with one attached hydrogen (secondary N) is 1. The van der Waals surface area contributed by atoms with Crippen molar-refractivity contribution in [1.82, 2.24) is 9.55 Å². The highest BCUT2D eigenvalue weighted by Gasteiger charge is 2.18. The van der Waals surface area contributed by atoms with Crippen molar-refractivity contribution in [2.45, 2.75) is 0 Å². The zero-order chi connectivity index (χ0) is 9.14. The molecular formula is C5H6N4O3. The van der Waals surface area contributed by atoms with Gasteiger partial charge in [0, 0.05) is 7.05 Å². The fourth-order valence-electron chi connectivity index (χ4n) is 0.774. The Morgan fingerprint density at radius 2 is 2.50 bits per heavy atom. The van der Waals surface area contributed by atoms with E-state index in [0.29, 0.717) is 6.41 Å². The number of rotatable bonds is 3. The van der Waals surface area contributed by atoms with Crippen LogP contribution in [0.5, 0.6) is 0 Å². The minimum atomic E-state index is -0.661. The summed E-state index contributed by atoms with van der Waals surface area (Å²) in [6.07, 6.45) is 1.62. The third-order valence-electron chi connectivity index (χ3n) is 1.29. The molecule has 7 nitrogen and oxygen atoms in total. The number of hydrogen-bond donors (Lipinski definition) is 1. The summed E-state index contributed by atoms with van der Waals surface area (Å²) < 4.78 is 1.35. The number of nitro groups is 1. The lowest BCUT2D eigenvalue weighted by molar-refractivity contribution is -0.388. The number of aromatic nitrogens is 2. The Bertz CT molecular complexity index is 318. The van der Waals surface area contributed by atoms with Crippen molar-refractivity contribution >= 4 is 18.0 Å². The van der Waals surface area contributed by atoms with Crippen molar-refractivity contribution < 1.29 is 9.72 Å². The van der Waals surface area contributed by atoms with E-state index in [1.165, 1.54) is 10.9 Å². The number of carbonyl (C=O) groups excluding carboxylic acids is 1. The Balaban J connectivity index is 3.11. The predicted octanol–water partition coefficient (Wildman–Crippen LogP) is -0.103. The summed E-state index contributed by atoms with van der Waals surface area (Å²) in [5.74, 6) is -0.278. The molecule has 1 N–H and O–H groups in total. The van der Waals surface area contributed by atoms with Gasteiger partial charge >= 0.3 is 5.82 Å². The van der Waals surface area contributed by atoms with Gasteiger partial charge in [-0.25, -0.2) is 0 Å². The van der Waals surface area contributed by atoms with Crippen molar-refractivity contribution in [3.8, 4) is 0 Å². The summed E-state index contributed by atoms with van der Waals surface area (Å²) >= 11 is 0. The van der Waals surface area contributed by atoms with Gasteiger partial charge in [0.05, 0.1) is 0 Å². The van der Waals surface area contributed by atoms with Crippen molar-refractivity contribution in [3.63, 3.8) is 0 Å². The van der Waals surface area contributed by atoms with Crippen molar-refractivity contribution in [3.05, 3.63) is 16.4 Å². The maximum absolute atomic E-state index is 10.3. The minimum absolute atomic E-state index is 0.0787. The number of hydrogen-bond acceptors (Lipinski definition) is 4. The molecule has 0 atom stereocenters. The molecule has 1 rings (SSSR count). The molecule has 0 aliphatic heterocycles. The molecule has 0 unspecified atom stereocenters. The van der Waals surface area contributed by atoms with Gasteiger partial charge in [-0.3, -0.25) is 9.36 Å². The number of anilines is 1. The second kappa shape index (κ2) is 2.99. The largest absolute Gasteiger partial charge is 0.406 e. The fourth-order valence-corrected chi connectivity index (χ4v) is 0.774. The standard InChI is InChI=1S/C5H6N4O3/c1-8-2-6-5(9(11)12)4(8)7-3-10/h2-3H,1H3,(H,7,10). The Kier molecular flexibility index (Phi) is 2.04. The molecule has 0 saturated heterocycles. The van der Waals surface area contributed by atoms with E-state index in [-0.39, 0.29) is 11.6 Å². The molecular weight excluding hydrogens is 164 g/mol. The van der Waals surface area contributed by atoms with Crippen LogP contribution in [0.3, 0.4) is 0 Å². The van der Waals surface area contributed by atoms with Crippen LogP contribution in [0.25, 0.3) is 0 Å². The predicted molar refractivity (Wildman–Crippen MR) is 39.5 cm³/mol. The lowest BCUT2D eigenvalue weighted by Gasteiger charge is -1.96. The smallest absolute Gasteiger partial charge is 0.358 e. The number of amides is 1. The molecule has 0 aliphatic carbocycles. The Morgan fingerprint density at radius 1 is 1.83 bits per heavy atom. The van der Waals surface area contributed by atoms with Crippen molar-refractivity contribution in [1.29, 1.82) is 0 Å². The van der Waals surface area contributed by atoms with Crippen LogP contribution in [-0.4, -0.2) is 20.9 Å². The average Bonchev–Trinajstić information content (AvgIpc) is 2.34. The van der Waals surface area contributed by atoms with Gasteiger partial charge in [-0.1, -0.05) is 0 Å². The lowest BCUT2D eigenvalue weighted by Crippen LogP contribution is -2.02. The number of imidazole rings is 1. The molecule has 0 saturated carbocycles. The van der Waals surface area contributed by atoms with E-state index in [1.807, 2.05) is 0 Å². The van der Waals surface area contributed by atoms with E-state index in [9.17, 15) is 14.9 Å². The summed E-state index contributed by atoms with van der Waals surface area (Å²) in [6.45, 7) is 0. The SMILES string of the molecule is Cn1cnc([N+](=O)[O-])c1NC=O. The Morgan fingerprint density at radius 3 is 3.00 bits per heavy atom. The zero-order valence-corrected chi connectivity index (χ0v) is 6.22. The highest BCUT2D eigenvalue weighted by atomic mass is 16.6. The summed E-state index contributed by atoms with van der Waals surface area (Å²) in [5.41, 5.74) is 0. The minimum Gasteiger partial charge on any atom is -0.358 e. The third-order valence-corrected chi connectivity index (χ3v) is 1.29. The highest BCUT2D eigenvalue weighted by molar-refractivity contribution is 5.73. The van der Waals surface area contributed by atoms with E-state index in [0.717, 1.165) is 0 Å². The first-order valence-electron chi connectivity index (χ1n) is 3.02. The first-order chi connectivity index (χ1) is 5.66. The van der Waals surface area contributed by atoms with Gasteiger partial charge in [0.2, 0.25) is 18.6 Å². The molecule has 0 radical (unpaired) electrons. The van der Waals surface area contributed by atoms with Gasteiger partial charge in [0.1, 0.15) is 0 Å². The maximum atomic E-state index is 10.3. The van der Waals surface area contributed by atoms with Crippen LogP contribution in [0.4, 0.5) is 11.6 Å². The number of nitrogens with zero attached hydrogens (tertiary/aromatic N) is 3. The fraction of sp³-hybridized carbons (Fsp3) is 0.200. The normalized spacial score (nSPS) is 9.42. The van der Waals surface area contributed by atoms with Crippen LogP contribution in [0.2, 0.25) is 0 Å². The quantitative estimate of drug-likeness (QED) is 0.389. The first-order valence-corrected chi connectivity index (χ1v) is 3.02. The first kappa shape index (κ1) is 8.18. The molecule has 64 valence electrons. The summed E-state index contributed by atoms with van der Waals surface area (Å²) in [7, 11) is 1.55. The van der Waals surface area contributed by atoms with Crippen LogP contribution in [-0.2, 0) is 11.8 Å². The third kappa shape index (κ3) is 1.24. The second-order valence-electron chi connectivity index (χ2n) is 2.05. The van der Waals surface area contributed by atoms with E-state index in [4.69, 9.17) is 0 Å². The van der Waals surface area contributed by atoms with Crippen LogP contribution >= 0.6 is 0 Å². The van der Waals surface area contributed by atoms with Crippen LogP contribution < -0.4 is 5.32 Å². The zero-order valence-electron chi connectivity index (χ0n) is 6.22. The van der Waals surface area contributed by atoms with E-state index in [1.54, 1.807) is 7.05 Å². The molecule has 0 fully saturated rings. The van der Waals surface area contributed by atoms with Crippen molar-refractivity contribution in [2.75, 3.05) is 5.32 Å². The maximum Gasteiger partial charge on any atom is 0.406 e. The lowest BCUT2D eigenvalue weighted by atomic mass is 10.6. The molecule has 1 amide bonds. The van der Waals surface area contributed by atoms with Gasteiger partial charge < -0.3 is 15.4 Å². The molecule has 0 aliphatic rings. The van der Waals surface area contributed by atoms with Gasteiger partial charge in [-0.05, 0) is 9.91 Å². The van der Waals surface area contributed by atoms with E-state index >= 15 is 0 Å². The van der Waals surface area contributed by atoms with Gasteiger partial charge in [-0.2, -0.15) is 0 Å². The summed E-state index contributed by atoms with van der Waals surface area (Å²) in [5, 5.41) is 12.5. The van der Waals surface area contributed by atoms with Crippen molar-refractivity contribution in [2.24, 2.45) is 7.05 Å². The molecule has 7 heteroatoms. The second-order valence-corrected chi connectivity index (χ2v) is 2.05. The van der Waals surface area contributed by atoms with Crippen LogP contribution in [0.1, 0.15) is 0 Å². The topological polar surface area (TPSA) is 90.1 Å². The summed E-state index contributed by atoms with van der Waals surface area (Å²) in [6, 6.07) is 0. The van der Waals surface area contributed by atoms with Gasteiger partial charge in [0.25, 0.3) is 0 Å². The monoisotopic (exact) mass is 170 g/mol. The van der Waals surface area contributed by atoms with Gasteiger partial charge in [-0.15, -0.1) is 0 Å². The molecule has 0 spiro atoms. The average molecular weight is 170 g/mol. The highest BCUT2D eigenvalue weighted by Crippen LogP contribution is 2.19. The molecule has 1 heterocycles.